The van der Waals surface area contributed by atoms with E-state index >= 15 is 0 Å². The molecular formula is C18H21NO4S. The topological polar surface area (TPSA) is 64.6 Å². The highest BCUT2D eigenvalue weighted by molar-refractivity contribution is 7.89. The number of rotatable bonds is 7. The zero-order valence-corrected chi connectivity index (χ0v) is 14.5. The summed E-state index contributed by atoms with van der Waals surface area (Å²) in [6.45, 7) is 0. The fourth-order valence-corrected chi connectivity index (χ4v) is 4.23. The average molecular weight is 347 g/mol. The Balaban J connectivity index is 1.95. The van der Waals surface area contributed by atoms with Crippen LogP contribution in [0.25, 0.3) is 0 Å². The molecule has 24 heavy (non-hydrogen) atoms. The van der Waals surface area contributed by atoms with Gasteiger partial charge in [-0.3, -0.25) is 0 Å². The molecule has 1 saturated carbocycles. The summed E-state index contributed by atoms with van der Waals surface area (Å²) < 4.78 is 39.1. The van der Waals surface area contributed by atoms with Gasteiger partial charge in [0.05, 0.1) is 14.2 Å². The van der Waals surface area contributed by atoms with Crippen molar-refractivity contribution in [3.8, 4) is 11.5 Å². The van der Waals surface area contributed by atoms with Gasteiger partial charge in [0.25, 0.3) is 0 Å². The van der Waals surface area contributed by atoms with Gasteiger partial charge in [0, 0.05) is 12.1 Å². The summed E-state index contributed by atoms with van der Waals surface area (Å²) in [7, 11) is -0.786. The van der Waals surface area contributed by atoms with Crippen LogP contribution in [0.3, 0.4) is 0 Å². The fourth-order valence-electron chi connectivity index (χ4n) is 2.75. The second kappa shape index (κ2) is 6.83. The molecule has 0 aliphatic heterocycles. The molecule has 1 aliphatic rings. The third-order valence-corrected chi connectivity index (χ3v) is 5.66. The van der Waals surface area contributed by atoms with Gasteiger partial charge in [0.1, 0.15) is 16.4 Å². The summed E-state index contributed by atoms with van der Waals surface area (Å²) >= 11 is 0. The van der Waals surface area contributed by atoms with Gasteiger partial charge in [-0.1, -0.05) is 30.3 Å². The van der Waals surface area contributed by atoms with Crippen molar-refractivity contribution in [3.05, 3.63) is 54.1 Å². The van der Waals surface area contributed by atoms with Crippen molar-refractivity contribution in [3.63, 3.8) is 0 Å². The number of sulfonamides is 1. The van der Waals surface area contributed by atoms with Gasteiger partial charge in [-0.15, -0.1) is 0 Å². The molecule has 0 amide bonds. The minimum atomic E-state index is -3.74. The Morgan fingerprint density at radius 3 is 2.33 bits per heavy atom. The maximum absolute atomic E-state index is 12.9. The van der Waals surface area contributed by atoms with Crippen molar-refractivity contribution in [1.82, 2.24) is 4.72 Å². The summed E-state index contributed by atoms with van der Waals surface area (Å²) in [5.41, 5.74) is 0.977. The van der Waals surface area contributed by atoms with Crippen LogP contribution in [-0.2, 0) is 10.0 Å². The molecule has 0 aromatic heterocycles. The SMILES string of the molecule is COc1ccc(OC)c(S(=O)(=O)NC(c2ccccc2)C2CC2)c1. The second-order valence-corrected chi connectivity index (χ2v) is 7.55. The van der Waals surface area contributed by atoms with Crippen molar-refractivity contribution < 1.29 is 17.9 Å². The number of ether oxygens (including phenoxy) is 2. The first-order valence-electron chi connectivity index (χ1n) is 7.84. The van der Waals surface area contributed by atoms with Crippen molar-refractivity contribution in [1.29, 1.82) is 0 Å². The van der Waals surface area contributed by atoms with Crippen LogP contribution < -0.4 is 14.2 Å². The van der Waals surface area contributed by atoms with Crippen LogP contribution in [0.15, 0.2) is 53.4 Å². The second-order valence-electron chi connectivity index (χ2n) is 5.86. The molecule has 5 nitrogen and oxygen atoms in total. The van der Waals surface area contributed by atoms with Crippen LogP contribution in [0.2, 0.25) is 0 Å². The molecular weight excluding hydrogens is 326 g/mol. The van der Waals surface area contributed by atoms with E-state index in [0.717, 1.165) is 18.4 Å². The van der Waals surface area contributed by atoms with Gasteiger partial charge < -0.3 is 9.47 Å². The summed E-state index contributed by atoms with van der Waals surface area (Å²) in [4.78, 5) is 0.0888. The quantitative estimate of drug-likeness (QED) is 0.836. The van der Waals surface area contributed by atoms with E-state index in [0.29, 0.717) is 17.4 Å². The molecule has 1 aliphatic carbocycles. The molecule has 1 atom stereocenters. The van der Waals surface area contributed by atoms with Gasteiger partial charge in [-0.05, 0) is 36.5 Å². The third kappa shape index (κ3) is 3.55. The lowest BCUT2D eigenvalue weighted by molar-refractivity contribution is 0.391. The highest BCUT2D eigenvalue weighted by Gasteiger charge is 2.36. The lowest BCUT2D eigenvalue weighted by Crippen LogP contribution is -2.30. The van der Waals surface area contributed by atoms with Gasteiger partial charge in [0.2, 0.25) is 10.0 Å². The van der Waals surface area contributed by atoms with E-state index < -0.39 is 10.0 Å². The van der Waals surface area contributed by atoms with Crippen LogP contribution in [0.4, 0.5) is 0 Å². The zero-order chi connectivity index (χ0) is 17.2. The van der Waals surface area contributed by atoms with E-state index in [4.69, 9.17) is 9.47 Å². The summed E-state index contributed by atoms with van der Waals surface area (Å²) in [5, 5.41) is 0. The van der Waals surface area contributed by atoms with Crippen LogP contribution in [-0.4, -0.2) is 22.6 Å². The van der Waals surface area contributed by atoms with Gasteiger partial charge in [-0.2, -0.15) is 0 Å². The van der Waals surface area contributed by atoms with Crippen LogP contribution in [0.1, 0.15) is 24.4 Å². The van der Waals surface area contributed by atoms with E-state index in [1.807, 2.05) is 30.3 Å². The lowest BCUT2D eigenvalue weighted by atomic mass is 10.0. The van der Waals surface area contributed by atoms with Crippen molar-refractivity contribution in [2.45, 2.75) is 23.8 Å². The monoisotopic (exact) mass is 347 g/mol. The Morgan fingerprint density at radius 2 is 1.75 bits per heavy atom. The highest BCUT2D eigenvalue weighted by atomic mass is 32.2. The summed E-state index contributed by atoms with van der Waals surface area (Å²) in [5.74, 6) is 1.10. The van der Waals surface area contributed by atoms with Gasteiger partial charge in [-0.25, -0.2) is 13.1 Å². The Labute approximate surface area is 142 Å². The third-order valence-electron chi connectivity index (χ3n) is 4.19. The predicted molar refractivity (Wildman–Crippen MR) is 91.8 cm³/mol. The smallest absolute Gasteiger partial charge is 0.244 e. The zero-order valence-electron chi connectivity index (χ0n) is 13.7. The standard InChI is InChI=1S/C18H21NO4S/c1-22-15-10-11-16(23-2)17(12-15)24(20,21)19-18(14-8-9-14)13-6-4-3-5-7-13/h3-7,10-12,14,18-19H,8-9H2,1-2H3. The molecule has 0 heterocycles. The number of hydrogen-bond donors (Lipinski definition) is 1. The fraction of sp³-hybridized carbons (Fsp3) is 0.333. The molecule has 2 aromatic rings. The molecule has 128 valence electrons. The Hall–Kier alpha value is -2.05. The molecule has 6 heteroatoms. The summed E-state index contributed by atoms with van der Waals surface area (Å²) in [6, 6.07) is 14.2. The molecule has 0 bridgehead atoms. The lowest BCUT2D eigenvalue weighted by Gasteiger charge is -2.20. The largest absolute Gasteiger partial charge is 0.497 e. The van der Waals surface area contributed by atoms with Crippen molar-refractivity contribution in [2.75, 3.05) is 14.2 Å². The first-order valence-corrected chi connectivity index (χ1v) is 9.33. The van der Waals surface area contributed by atoms with Gasteiger partial charge in [0.15, 0.2) is 0 Å². The van der Waals surface area contributed by atoms with Crippen LogP contribution >= 0.6 is 0 Å². The van der Waals surface area contributed by atoms with Crippen molar-refractivity contribution in [2.24, 2.45) is 5.92 Å². The number of methoxy groups -OCH3 is 2. The number of hydrogen-bond acceptors (Lipinski definition) is 4. The van der Waals surface area contributed by atoms with E-state index in [-0.39, 0.29) is 10.9 Å². The minimum absolute atomic E-state index is 0.0888. The maximum Gasteiger partial charge on any atom is 0.244 e. The van der Waals surface area contributed by atoms with Crippen LogP contribution in [0.5, 0.6) is 11.5 Å². The molecule has 1 N–H and O–H groups in total. The Morgan fingerprint density at radius 1 is 1.04 bits per heavy atom. The first-order chi connectivity index (χ1) is 11.5. The normalized spacial score (nSPS) is 15.8. The highest BCUT2D eigenvalue weighted by Crippen LogP contribution is 2.42. The number of nitrogens with one attached hydrogen (secondary N) is 1. The van der Waals surface area contributed by atoms with E-state index in [1.165, 1.54) is 20.3 Å². The Kier molecular flexibility index (Phi) is 4.78. The van der Waals surface area contributed by atoms with E-state index in [2.05, 4.69) is 4.72 Å². The van der Waals surface area contributed by atoms with E-state index in [9.17, 15) is 8.42 Å². The molecule has 1 fully saturated rings. The van der Waals surface area contributed by atoms with E-state index in [1.54, 1.807) is 12.1 Å². The molecule has 3 rings (SSSR count). The number of benzene rings is 2. The molecule has 1 unspecified atom stereocenters. The van der Waals surface area contributed by atoms with Gasteiger partial charge >= 0.3 is 0 Å². The predicted octanol–water partition coefficient (Wildman–Crippen LogP) is 3.13. The molecule has 2 aromatic carbocycles. The average Bonchev–Trinajstić information content (AvgIpc) is 3.45. The van der Waals surface area contributed by atoms with Crippen LogP contribution in [0, 0.1) is 5.92 Å². The Bertz CT molecular complexity index is 801. The molecule has 0 radical (unpaired) electrons. The maximum atomic E-state index is 12.9. The molecule has 0 saturated heterocycles. The molecule has 0 spiro atoms. The first kappa shape index (κ1) is 16.8. The summed E-state index contributed by atoms with van der Waals surface area (Å²) in [6.07, 6.45) is 2.05. The van der Waals surface area contributed by atoms with Crippen molar-refractivity contribution >= 4 is 10.0 Å². The minimum Gasteiger partial charge on any atom is -0.497 e.